The molecule has 1 aromatic carbocycles. The highest BCUT2D eigenvalue weighted by molar-refractivity contribution is 5.91. The Morgan fingerprint density at radius 1 is 1.20 bits per heavy atom. The van der Waals surface area contributed by atoms with Crippen molar-refractivity contribution in [3.8, 4) is 0 Å². The molecule has 0 spiro atoms. The van der Waals surface area contributed by atoms with Crippen molar-refractivity contribution in [3.63, 3.8) is 0 Å². The van der Waals surface area contributed by atoms with Crippen LogP contribution < -0.4 is 16.0 Å². The quantitative estimate of drug-likeness (QED) is 0.812. The van der Waals surface area contributed by atoms with Gasteiger partial charge in [0.25, 0.3) is 5.91 Å². The Balaban J connectivity index is 2.07. The van der Waals surface area contributed by atoms with Gasteiger partial charge in [0.2, 0.25) is 0 Å². The molecule has 3 N–H and O–H groups in total. The zero-order valence-corrected chi connectivity index (χ0v) is 11.5. The van der Waals surface area contributed by atoms with Gasteiger partial charge in [-0.25, -0.2) is 0 Å². The first-order valence-corrected chi connectivity index (χ1v) is 6.21. The predicted molar refractivity (Wildman–Crippen MR) is 78.4 cm³/mol. The van der Waals surface area contributed by atoms with Crippen LogP contribution in [0.4, 0.5) is 11.5 Å². The molecule has 0 aliphatic rings. The molecule has 6 nitrogen and oxygen atoms in total. The molecule has 104 valence electrons. The van der Waals surface area contributed by atoms with Crippen LogP contribution in [0.25, 0.3) is 0 Å². The molecule has 0 unspecified atom stereocenters. The van der Waals surface area contributed by atoms with Crippen LogP contribution in [0.1, 0.15) is 16.1 Å². The highest BCUT2D eigenvalue weighted by Gasteiger charge is 2.08. The van der Waals surface area contributed by atoms with Crippen molar-refractivity contribution in [1.82, 2.24) is 15.5 Å². The van der Waals surface area contributed by atoms with Gasteiger partial charge in [-0.1, -0.05) is 12.1 Å². The van der Waals surface area contributed by atoms with Crippen molar-refractivity contribution >= 4 is 17.4 Å². The number of hydrogen-bond donors (Lipinski definition) is 2. The van der Waals surface area contributed by atoms with Gasteiger partial charge < -0.3 is 16.0 Å². The van der Waals surface area contributed by atoms with E-state index in [1.165, 1.54) is 0 Å². The van der Waals surface area contributed by atoms with Gasteiger partial charge in [0.1, 0.15) is 0 Å². The monoisotopic (exact) mass is 271 g/mol. The SMILES string of the molecule is CNC(=O)c1ccc(N(C)Cc2ccc(N)cc2)nn1. The van der Waals surface area contributed by atoms with Crippen LogP contribution in [0.15, 0.2) is 36.4 Å². The second kappa shape index (κ2) is 6.01. The fourth-order valence-corrected chi connectivity index (χ4v) is 1.76. The average Bonchev–Trinajstić information content (AvgIpc) is 2.49. The van der Waals surface area contributed by atoms with E-state index in [9.17, 15) is 4.79 Å². The summed E-state index contributed by atoms with van der Waals surface area (Å²) in [4.78, 5) is 13.3. The van der Waals surface area contributed by atoms with E-state index in [1.54, 1.807) is 19.2 Å². The Kier molecular flexibility index (Phi) is 4.14. The molecular formula is C14H17N5O. The summed E-state index contributed by atoms with van der Waals surface area (Å²) in [5, 5.41) is 10.5. The van der Waals surface area contributed by atoms with Crippen LogP contribution >= 0.6 is 0 Å². The lowest BCUT2D eigenvalue weighted by molar-refractivity contribution is 0.0957. The number of aromatic nitrogens is 2. The van der Waals surface area contributed by atoms with Gasteiger partial charge in [0.05, 0.1) is 0 Å². The zero-order valence-electron chi connectivity index (χ0n) is 11.5. The molecule has 1 amide bonds. The minimum absolute atomic E-state index is 0.245. The van der Waals surface area contributed by atoms with E-state index in [2.05, 4.69) is 15.5 Å². The summed E-state index contributed by atoms with van der Waals surface area (Å²) in [6.07, 6.45) is 0. The van der Waals surface area contributed by atoms with Crippen molar-refractivity contribution in [2.45, 2.75) is 6.54 Å². The predicted octanol–water partition coefficient (Wildman–Crippen LogP) is 1.05. The fourth-order valence-electron chi connectivity index (χ4n) is 1.76. The Bertz CT molecular complexity index is 580. The minimum Gasteiger partial charge on any atom is -0.399 e. The number of amides is 1. The smallest absolute Gasteiger partial charge is 0.271 e. The maximum Gasteiger partial charge on any atom is 0.271 e. The van der Waals surface area contributed by atoms with E-state index in [0.717, 1.165) is 11.3 Å². The summed E-state index contributed by atoms with van der Waals surface area (Å²) in [5.41, 5.74) is 7.82. The molecule has 2 aromatic rings. The van der Waals surface area contributed by atoms with E-state index in [4.69, 9.17) is 5.73 Å². The van der Waals surface area contributed by atoms with Crippen LogP contribution in [-0.2, 0) is 6.54 Å². The number of nitrogens with two attached hydrogens (primary N) is 1. The molecule has 0 aliphatic heterocycles. The van der Waals surface area contributed by atoms with Gasteiger partial charge in [-0.2, -0.15) is 0 Å². The number of nitrogen functional groups attached to an aromatic ring is 1. The highest BCUT2D eigenvalue weighted by atomic mass is 16.1. The first-order valence-electron chi connectivity index (χ1n) is 6.21. The normalized spacial score (nSPS) is 10.1. The summed E-state index contributed by atoms with van der Waals surface area (Å²) in [5.74, 6) is 0.458. The molecule has 2 rings (SSSR count). The van der Waals surface area contributed by atoms with E-state index >= 15 is 0 Å². The maximum atomic E-state index is 11.4. The number of benzene rings is 1. The van der Waals surface area contributed by atoms with Crippen LogP contribution in [0.5, 0.6) is 0 Å². The van der Waals surface area contributed by atoms with Crippen LogP contribution in [-0.4, -0.2) is 30.2 Å². The fraction of sp³-hybridized carbons (Fsp3) is 0.214. The average molecular weight is 271 g/mol. The largest absolute Gasteiger partial charge is 0.399 e. The van der Waals surface area contributed by atoms with Gasteiger partial charge >= 0.3 is 0 Å². The number of nitrogens with one attached hydrogen (secondary N) is 1. The van der Waals surface area contributed by atoms with Crippen molar-refractivity contribution < 1.29 is 4.79 Å². The van der Waals surface area contributed by atoms with Crippen molar-refractivity contribution in [1.29, 1.82) is 0 Å². The first kappa shape index (κ1) is 13.8. The summed E-state index contributed by atoms with van der Waals surface area (Å²) >= 11 is 0. The molecule has 6 heteroatoms. The second-order valence-electron chi connectivity index (χ2n) is 4.45. The molecule has 0 saturated heterocycles. The van der Waals surface area contributed by atoms with E-state index in [-0.39, 0.29) is 5.91 Å². The van der Waals surface area contributed by atoms with Crippen molar-refractivity contribution in [2.75, 3.05) is 24.7 Å². The maximum absolute atomic E-state index is 11.4. The lowest BCUT2D eigenvalue weighted by Gasteiger charge is -2.17. The van der Waals surface area contributed by atoms with Gasteiger partial charge in [-0.15, -0.1) is 10.2 Å². The van der Waals surface area contributed by atoms with E-state index < -0.39 is 0 Å². The van der Waals surface area contributed by atoms with Crippen molar-refractivity contribution in [3.05, 3.63) is 47.7 Å². The molecule has 0 saturated carbocycles. The van der Waals surface area contributed by atoms with Gasteiger partial charge in [-0.05, 0) is 29.8 Å². The summed E-state index contributed by atoms with van der Waals surface area (Å²) in [7, 11) is 3.48. The first-order chi connectivity index (χ1) is 9.60. The van der Waals surface area contributed by atoms with Gasteiger partial charge in [-0.3, -0.25) is 4.79 Å². The van der Waals surface area contributed by atoms with Crippen LogP contribution in [0.3, 0.4) is 0 Å². The Morgan fingerprint density at radius 3 is 2.45 bits per heavy atom. The lowest BCUT2D eigenvalue weighted by Crippen LogP contribution is -2.22. The third kappa shape index (κ3) is 3.23. The van der Waals surface area contributed by atoms with Gasteiger partial charge in [0.15, 0.2) is 11.5 Å². The molecule has 0 bridgehead atoms. The second-order valence-corrected chi connectivity index (χ2v) is 4.45. The van der Waals surface area contributed by atoms with Crippen molar-refractivity contribution in [2.24, 2.45) is 0 Å². The topological polar surface area (TPSA) is 84.1 Å². The number of anilines is 2. The molecule has 1 heterocycles. The molecule has 0 atom stereocenters. The summed E-state index contributed by atoms with van der Waals surface area (Å²) in [6, 6.07) is 11.1. The minimum atomic E-state index is -0.245. The van der Waals surface area contributed by atoms with Crippen LogP contribution in [0, 0.1) is 0 Å². The number of hydrogen-bond acceptors (Lipinski definition) is 5. The Labute approximate surface area is 117 Å². The molecule has 0 fully saturated rings. The summed E-state index contributed by atoms with van der Waals surface area (Å²) < 4.78 is 0. The Hall–Kier alpha value is -2.63. The molecule has 1 aromatic heterocycles. The number of rotatable bonds is 4. The Morgan fingerprint density at radius 2 is 1.90 bits per heavy atom. The van der Waals surface area contributed by atoms with E-state index in [0.29, 0.717) is 18.1 Å². The standard InChI is InChI=1S/C14H17N5O/c1-16-14(20)12-7-8-13(18-17-12)19(2)9-10-3-5-11(15)6-4-10/h3-8H,9,15H2,1-2H3,(H,16,20). The third-order valence-electron chi connectivity index (χ3n) is 2.90. The lowest BCUT2D eigenvalue weighted by atomic mass is 10.2. The van der Waals surface area contributed by atoms with E-state index in [1.807, 2.05) is 36.2 Å². The highest BCUT2D eigenvalue weighted by Crippen LogP contribution is 2.13. The third-order valence-corrected chi connectivity index (χ3v) is 2.90. The molecule has 0 radical (unpaired) electrons. The number of carbonyl (C=O) groups is 1. The molecular weight excluding hydrogens is 254 g/mol. The summed E-state index contributed by atoms with van der Waals surface area (Å²) in [6.45, 7) is 0.689. The molecule has 0 aliphatic carbocycles. The zero-order chi connectivity index (χ0) is 14.5. The number of carbonyl (C=O) groups excluding carboxylic acids is 1. The molecule has 20 heavy (non-hydrogen) atoms. The van der Waals surface area contributed by atoms with Gasteiger partial charge in [0, 0.05) is 26.3 Å². The van der Waals surface area contributed by atoms with Crippen LogP contribution in [0.2, 0.25) is 0 Å². The number of nitrogens with zero attached hydrogens (tertiary/aromatic N) is 3.